The van der Waals surface area contributed by atoms with E-state index in [-0.39, 0.29) is 23.0 Å². The average molecular weight is 833 g/mol. The van der Waals surface area contributed by atoms with E-state index in [2.05, 4.69) is 91.1 Å². The number of benzene rings is 7. The predicted octanol–water partition coefficient (Wildman–Crippen LogP) is 11.6. The topological polar surface area (TPSA) is 49.1 Å². The van der Waals surface area contributed by atoms with Gasteiger partial charge >= 0.3 is 0 Å². The number of amidine groups is 2. The van der Waals surface area contributed by atoms with Crippen LogP contribution in [0.3, 0.4) is 0 Å². The highest BCUT2D eigenvalue weighted by Gasteiger charge is 2.40. The molecule has 6 heteroatoms. The minimum Gasteiger partial charge on any atom is -0.339 e. The van der Waals surface area contributed by atoms with E-state index in [9.17, 15) is 0 Å². The monoisotopic (exact) mass is 832 g/mol. The number of nitrogens with one attached hydrogen (secondary N) is 1. The van der Waals surface area contributed by atoms with Crippen molar-refractivity contribution >= 4 is 40.0 Å². The molecule has 0 fully saturated rings. The fourth-order valence-corrected chi connectivity index (χ4v) is 9.23. The van der Waals surface area contributed by atoms with Crippen molar-refractivity contribution in [2.45, 2.75) is 19.3 Å². The Bertz CT molecular complexity index is 3390. The number of allylic oxidation sites excluding steroid dienone is 4. The average Bonchev–Trinajstić information content (AvgIpc) is 3.59. The summed E-state index contributed by atoms with van der Waals surface area (Å²) in [6.07, 6.45) is 9.11. The molecule has 2 unspecified atom stereocenters. The van der Waals surface area contributed by atoms with Crippen molar-refractivity contribution < 1.29 is 8.78 Å². The standard InChI is InChI=1S/C58H42F2N4/c1-37-32-44(39-16-8-3-9-17-39)26-29-47(37)55-36-54(63-57(64-55)43-20-12-5-13-21-43)46-28-31-49-48-30-27-45(33-50(48)58(59,60)51(49)34-46)53-35-52(61-56(62-53)42-18-10-4-11-19-42)41-24-22-40(23-25-41)38-14-6-2-7-15-38/h2-35,37,47H,36H2,1H3,(H,61,62). The van der Waals surface area contributed by atoms with Gasteiger partial charge in [-0.2, -0.15) is 8.78 Å². The minimum atomic E-state index is -3.25. The third kappa shape index (κ3) is 7.27. The van der Waals surface area contributed by atoms with E-state index in [1.807, 2.05) is 115 Å². The summed E-state index contributed by atoms with van der Waals surface area (Å²) in [7, 11) is 0. The summed E-state index contributed by atoms with van der Waals surface area (Å²) < 4.78 is 34.1. The molecular weight excluding hydrogens is 791 g/mol. The number of fused-ring (bicyclic) bond motifs is 2. The van der Waals surface area contributed by atoms with Crippen LogP contribution in [0.15, 0.2) is 221 Å². The first-order valence-corrected chi connectivity index (χ1v) is 21.7. The van der Waals surface area contributed by atoms with Crippen molar-refractivity contribution in [2.24, 2.45) is 26.8 Å². The van der Waals surface area contributed by atoms with Gasteiger partial charge in [0.05, 0.1) is 11.4 Å². The van der Waals surface area contributed by atoms with E-state index in [0.29, 0.717) is 44.7 Å². The summed E-state index contributed by atoms with van der Waals surface area (Å²) in [5.74, 6) is -1.82. The molecule has 7 aromatic carbocycles. The molecule has 2 aliphatic heterocycles. The van der Waals surface area contributed by atoms with Crippen molar-refractivity contribution in [3.05, 3.63) is 261 Å². The van der Waals surface area contributed by atoms with Crippen molar-refractivity contribution in [3.8, 4) is 11.1 Å². The quantitative estimate of drug-likeness (QED) is 0.178. The molecule has 64 heavy (non-hydrogen) atoms. The van der Waals surface area contributed by atoms with Gasteiger partial charge < -0.3 is 5.32 Å². The van der Waals surface area contributed by atoms with E-state index in [1.54, 1.807) is 12.1 Å². The zero-order valence-corrected chi connectivity index (χ0v) is 35.1. The first-order valence-electron chi connectivity index (χ1n) is 21.7. The van der Waals surface area contributed by atoms with Crippen molar-refractivity contribution in [3.63, 3.8) is 0 Å². The molecule has 0 radical (unpaired) electrons. The second kappa shape index (κ2) is 16.1. The largest absolute Gasteiger partial charge is 0.339 e. The fraction of sp³-hybridized carbons (Fsp3) is 0.0862. The molecule has 2 atom stereocenters. The van der Waals surface area contributed by atoms with Crippen LogP contribution in [0.2, 0.25) is 0 Å². The van der Waals surface area contributed by atoms with Crippen LogP contribution in [-0.4, -0.2) is 17.4 Å². The second-order valence-corrected chi connectivity index (χ2v) is 16.7. The highest BCUT2D eigenvalue weighted by atomic mass is 19.3. The van der Waals surface area contributed by atoms with E-state index in [1.165, 1.54) is 11.1 Å². The zero-order chi connectivity index (χ0) is 43.2. The summed E-state index contributed by atoms with van der Waals surface area (Å²) in [5.41, 5.74) is 10.4. The third-order valence-corrected chi connectivity index (χ3v) is 12.6. The molecule has 0 bridgehead atoms. The van der Waals surface area contributed by atoms with Crippen LogP contribution in [0, 0.1) is 22.3 Å². The van der Waals surface area contributed by atoms with E-state index < -0.39 is 5.92 Å². The molecule has 0 saturated carbocycles. The number of halogens is 2. The molecule has 2 aliphatic carbocycles. The van der Waals surface area contributed by atoms with E-state index in [4.69, 9.17) is 15.0 Å². The Morgan fingerprint density at radius 2 is 1.09 bits per heavy atom. The van der Waals surface area contributed by atoms with Gasteiger partial charge in [0.15, 0.2) is 5.84 Å². The van der Waals surface area contributed by atoms with Gasteiger partial charge in [0, 0.05) is 51.6 Å². The van der Waals surface area contributed by atoms with Crippen molar-refractivity contribution in [1.82, 2.24) is 5.32 Å². The van der Waals surface area contributed by atoms with Crippen molar-refractivity contribution in [2.75, 3.05) is 0 Å². The Kier molecular flexibility index (Phi) is 9.84. The summed E-state index contributed by atoms with van der Waals surface area (Å²) >= 11 is 0. The highest BCUT2D eigenvalue weighted by Crippen LogP contribution is 2.41. The normalized spacial score (nSPS) is 20.1. The first kappa shape index (κ1) is 39.0. The molecule has 11 rings (SSSR count). The lowest BCUT2D eigenvalue weighted by molar-refractivity contribution is 0.0452. The Morgan fingerprint density at radius 1 is 0.547 bits per heavy atom. The maximum atomic E-state index is 17.1. The van der Waals surface area contributed by atoms with Crippen LogP contribution < -0.4 is 15.8 Å². The number of hydrogen-bond acceptors (Lipinski definition) is 4. The highest BCUT2D eigenvalue weighted by molar-refractivity contribution is 6.14. The van der Waals surface area contributed by atoms with Gasteiger partial charge in [-0.05, 0) is 67.3 Å². The molecule has 0 spiro atoms. The zero-order valence-electron chi connectivity index (χ0n) is 35.1. The van der Waals surface area contributed by atoms with Crippen LogP contribution in [0.4, 0.5) is 8.78 Å². The summed E-state index contributed by atoms with van der Waals surface area (Å²) in [5, 5.41) is 5.85. The smallest absolute Gasteiger partial charge is 0.299 e. The van der Waals surface area contributed by atoms with E-state index in [0.717, 1.165) is 44.9 Å². The molecule has 0 amide bonds. The lowest BCUT2D eigenvalue weighted by Crippen LogP contribution is -2.30. The molecule has 4 aliphatic rings. The third-order valence-electron chi connectivity index (χ3n) is 12.6. The van der Waals surface area contributed by atoms with Gasteiger partial charge in [0.25, 0.3) is 5.92 Å². The van der Waals surface area contributed by atoms with Crippen LogP contribution in [0.5, 0.6) is 0 Å². The molecular formula is C58H42F2N4. The van der Waals surface area contributed by atoms with Crippen LogP contribution in [0.25, 0.3) is 33.8 Å². The van der Waals surface area contributed by atoms with Gasteiger partial charge in [-0.25, -0.2) is 15.0 Å². The predicted molar refractivity (Wildman–Crippen MR) is 257 cm³/mol. The van der Waals surface area contributed by atoms with E-state index >= 15 is 8.78 Å². The summed E-state index contributed by atoms with van der Waals surface area (Å²) in [6.45, 7) is 2.21. The lowest BCUT2D eigenvalue weighted by atomic mass is 9.80. The SMILES string of the molecule is CC1C=C(c2ccccc2)C=CC1C1=NC(c2ccccc2)=NC(=c2ccc3c(c2)C(F)(F)c2cc(=C4C=C(c5ccc(-c6ccccc6)cc5)N=C(c5ccccc5)N4)ccc2=3)C1. The number of aliphatic imine (C=N–C) groups is 3. The maximum absolute atomic E-state index is 17.1. The van der Waals surface area contributed by atoms with Gasteiger partial charge in [-0.3, -0.25) is 0 Å². The summed E-state index contributed by atoms with van der Waals surface area (Å²) in [4.78, 5) is 15.3. The van der Waals surface area contributed by atoms with Crippen LogP contribution in [-0.2, 0) is 5.92 Å². The number of hydrogen-bond donors (Lipinski definition) is 1. The van der Waals surface area contributed by atoms with Crippen molar-refractivity contribution in [1.29, 1.82) is 0 Å². The first-order chi connectivity index (χ1) is 31.4. The second-order valence-electron chi connectivity index (χ2n) is 16.7. The maximum Gasteiger partial charge on any atom is 0.299 e. The van der Waals surface area contributed by atoms with Gasteiger partial charge in [0.1, 0.15) is 5.84 Å². The fourth-order valence-electron chi connectivity index (χ4n) is 9.23. The molecule has 308 valence electrons. The molecule has 4 nitrogen and oxygen atoms in total. The number of rotatable bonds is 6. The summed E-state index contributed by atoms with van der Waals surface area (Å²) in [6, 6.07) is 59.5. The van der Waals surface area contributed by atoms with Gasteiger partial charge in [-0.1, -0.05) is 195 Å². The van der Waals surface area contributed by atoms with Crippen LogP contribution in [0.1, 0.15) is 46.7 Å². The molecule has 1 N–H and O–H groups in total. The Morgan fingerprint density at radius 3 is 1.73 bits per heavy atom. The van der Waals surface area contributed by atoms with Crippen LogP contribution >= 0.6 is 0 Å². The lowest BCUT2D eigenvalue weighted by Gasteiger charge is -2.27. The Hall–Kier alpha value is -7.83. The Labute approximate surface area is 370 Å². The number of alkyl halides is 2. The van der Waals surface area contributed by atoms with Gasteiger partial charge in [-0.15, -0.1) is 0 Å². The van der Waals surface area contributed by atoms with Gasteiger partial charge in [0.2, 0.25) is 0 Å². The molecule has 0 aromatic heterocycles. The molecule has 0 saturated heterocycles. The Balaban J connectivity index is 0.981. The molecule has 2 heterocycles. The number of nitrogens with zero attached hydrogens (tertiary/aromatic N) is 3. The minimum absolute atomic E-state index is 0.0191. The molecule has 7 aromatic rings.